The van der Waals surface area contributed by atoms with Crippen LogP contribution in [0.3, 0.4) is 0 Å². The Balaban J connectivity index is 0.00000420. The number of anilines is 1. The zero-order valence-corrected chi connectivity index (χ0v) is 19.6. The fourth-order valence-corrected chi connectivity index (χ4v) is 2.51. The predicted octanol–water partition coefficient (Wildman–Crippen LogP) is 4.57. The van der Waals surface area contributed by atoms with Gasteiger partial charge in [0.25, 0.3) is 0 Å². The first-order chi connectivity index (χ1) is 13.8. The zero-order valence-electron chi connectivity index (χ0n) is 17.2. The summed E-state index contributed by atoms with van der Waals surface area (Å²) in [6, 6.07) is 17.7. The number of ether oxygens (including phenoxy) is 3. The largest absolute Gasteiger partial charge is 0.494 e. The van der Waals surface area contributed by atoms with Crippen molar-refractivity contribution in [2.75, 3.05) is 45.8 Å². The highest BCUT2D eigenvalue weighted by molar-refractivity contribution is 14.0. The standard InChI is InChI=1S/C22H31N3O3.HI/c1-23-22(24-14-6-7-16-27-20-11-4-3-5-12-20)25-19-10-8-13-21(18-19)28-17-9-15-26-2;/h3-5,8,10-13,18H,6-7,9,14-17H2,1-2H3,(H2,23,24,25);1H. The highest BCUT2D eigenvalue weighted by Gasteiger charge is 2.01. The van der Waals surface area contributed by atoms with Gasteiger partial charge in [0, 0.05) is 45.5 Å². The van der Waals surface area contributed by atoms with Crippen LogP contribution in [0.1, 0.15) is 19.3 Å². The molecule has 0 saturated heterocycles. The lowest BCUT2D eigenvalue weighted by molar-refractivity contribution is 0.172. The third-order valence-corrected chi connectivity index (χ3v) is 3.96. The first kappa shape index (κ1) is 25.0. The molecule has 2 rings (SSSR count). The summed E-state index contributed by atoms with van der Waals surface area (Å²) in [4.78, 5) is 4.27. The third kappa shape index (κ3) is 10.9. The average Bonchev–Trinajstić information content (AvgIpc) is 2.74. The molecule has 6 nitrogen and oxygen atoms in total. The van der Waals surface area contributed by atoms with E-state index in [2.05, 4.69) is 15.6 Å². The van der Waals surface area contributed by atoms with Crippen LogP contribution in [0.4, 0.5) is 5.69 Å². The topological polar surface area (TPSA) is 64.1 Å². The second-order valence-corrected chi connectivity index (χ2v) is 6.22. The van der Waals surface area contributed by atoms with Gasteiger partial charge in [-0.1, -0.05) is 24.3 Å². The van der Waals surface area contributed by atoms with Crippen molar-refractivity contribution in [3.63, 3.8) is 0 Å². The van der Waals surface area contributed by atoms with Gasteiger partial charge in [0.05, 0.1) is 13.2 Å². The van der Waals surface area contributed by atoms with Gasteiger partial charge in [-0.25, -0.2) is 0 Å². The van der Waals surface area contributed by atoms with Crippen LogP contribution in [0.2, 0.25) is 0 Å². The molecule has 0 bridgehead atoms. The van der Waals surface area contributed by atoms with Crippen LogP contribution < -0.4 is 20.1 Å². The van der Waals surface area contributed by atoms with E-state index >= 15 is 0 Å². The minimum absolute atomic E-state index is 0. The van der Waals surface area contributed by atoms with Gasteiger partial charge in [-0.15, -0.1) is 24.0 Å². The number of hydrogen-bond donors (Lipinski definition) is 2. The Kier molecular flexibility index (Phi) is 13.7. The maximum atomic E-state index is 5.73. The molecule has 160 valence electrons. The van der Waals surface area contributed by atoms with Gasteiger partial charge < -0.3 is 24.8 Å². The summed E-state index contributed by atoms with van der Waals surface area (Å²) < 4.78 is 16.5. The van der Waals surface area contributed by atoms with Gasteiger partial charge in [-0.05, 0) is 37.1 Å². The second kappa shape index (κ2) is 15.9. The van der Waals surface area contributed by atoms with Crippen molar-refractivity contribution in [1.82, 2.24) is 5.32 Å². The molecule has 2 aromatic rings. The zero-order chi connectivity index (χ0) is 19.9. The van der Waals surface area contributed by atoms with Crippen molar-refractivity contribution in [3.05, 3.63) is 54.6 Å². The monoisotopic (exact) mass is 513 g/mol. The number of nitrogens with zero attached hydrogens (tertiary/aromatic N) is 1. The number of hydrogen-bond acceptors (Lipinski definition) is 4. The number of methoxy groups -OCH3 is 1. The summed E-state index contributed by atoms with van der Waals surface area (Å²) in [5, 5.41) is 6.61. The molecule has 0 atom stereocenters. The molecule has 2 aromatic carbocycles. The van der Waals surface area contributed by atoms with Crippen LogP contribution in [0.15, 0.2) is 59.6 Å². The minimum Gasteiger partial charge on any atom is -0.494 e. The Bertz CT molecular complexity index is 699. The predicted molar refractivity (Wildman–Crippen MR) is 130 cm³/mol. The molecule has 0 aliphatic rings. The maximum Gasteiger partial charge on any atom is 0.195 e. The van der Waals surface area contributed by atoms with E-state index in [1.54, 1.807) is 14.2 Å². The van der Waals surface area contributed by atoms with Crippen LogP contribution in [0.25, 0.3) is 0 Å². The van der Waals surface area contributed by atoms with E-state index in [-0.39, 0.29) is 24.0 Å². The fraction of sp³-hybridized carbons (Fsp3) is 0.409. The Hall–Kier alpha value is -2.00. The average molecular weight is 513 g/mol. The quantitative estimate of drug-likeness (QED) is 0.189. The number of para-hydroxylation sites is 1. The molecule has 0 amide bonds. The van der Waals surface area contributed by atoms with Crippen molar-refractivity contribution in [3.8, 4) is 11.5 Å². The van der Waals surface area contributed by atoms with E-state index in [0.29, 0.717) is 19.8 Å². The molecule has 0 aromatic heterocycles. The molecule has 0 fully saturated rings. The highest BCUT2D eigenvalue weighted by Crippen LogP contribution is 2.17. The van der Waals surface area contributed by atoms with Crippen molar-refractivity contribution in [2.45, 2.75) is 19.3 Å². The number of aliphatic imine (C=N–C) groups is 1. The Morgan fingerprint density at radius 3 is 2.34 bits per heavy atom. The van der Waals surface area contributed by atoms with Crippen LogP contribution >= 0.6 is 24.0 Å². The molecule has 0 aliphatic heterocycles. The van der Waals surface area contributed by atoms with Gasteiger partial charge in [0.1, 0.15) is 11.5 Å². The third-order valence-electron chi connectivity index (χ3n) is 3.96. The van der Waals surface area contributed by atoms with Crippen molar-refractivity contribution >= 4 is 35.6 Å². The van der Waals surface area contributed by atoms with Crippen LogP contribution in [0, 0.1) is 0 Å². The van der Waals surface area contributed by atoms with E-state index in [0.717, 1.165) is 49.0 Å². The molecule has 7 heteroatoms. The van der Waals surface area contributed by atoms with Crippen molar-refractivity contribution in [1.29, 1.82) is 0 Å². The minimum atomic E-state index is 0. The second-order valence-electron chi connectivity index (χ2n) is 6.22. The van der Waals surface area contributed by atoms with E-state index in [4.69, 9.17) is 14.2 Å². The number of benzene rings is 2. The molecule has 0 unspecified atom stereocenters. The van der Waals surface area contributed by atoms with Crippen LogP contribution in [-0.4, -0.2) is 46.5 Å². The molecular formula is C22H32IN3O3. The van der Waals surface area contributed by atoms with E-state index in [1.807, 2.05) is 54.6 Å². The summed E-state index contributed by atoms with van der Waals surface area (Å²) in [5.41, 5.74) is 0.935. The van der Waals surface area contributed by atoms with Gasteiger partial charge in [0.2, 0.25) is 0 Å². The number of unbranched alkanes of at least 4 members (excludes halogenated alkanes) is 1. The van der Waals surface area contributed by atoms with Crippen LogP contribution in [0.5, 0.6) is 11.5 Å². The number of guanidine groups is 1. The van der Waals surface area contributed by atoms with Gasteiger partial charge in [-0.2, -0.15) is 0 Å². The Labute approximate surface area is 191 Å². The Morgan fingerprint density at radius 1 is 0.862 bits per heavy atom. The van der Waals surface area contributed by atoms with E-state index < -0.39 is 0 Å². The van der Waals surface area contributed by atoms with Crippen molar-refractivity contribution < 1.29 is 14.2 Å². The van der Waals surface area contributed by atoms with E-state index in [1.165, 1.54) is 0 Å². The maximum absolute atomic E-state index is 5.73. The molecule has 0 aliphatic carbocycles. The lowest BCUT2D eigenvalue weighted by atomic mass is 10.3. The lowest BCUT2D eigenvalue weighted by Crippen LogP contribution is -2.31. The summed E-state index contributed by atoms with van der Waals surface area (Å²) in [5.74, 6) is 2.48. The molecular weight excluding hydrogens is 481 g/mol. The van der Waals surface area contributed by atoms with Crippen molar-refractivity contribution in [2.24, 2.45) is 4.99 Å². The smallest absolute Gasteiger partial charge is 0.195 e. The van der Waals surface area contributed by atoms with Gasteiger partial charge >= 0.3 is 0 Å². The SMILES string of the molecule is CN=C(NCCCCOc1ccccc1)Nc1cccc(OCCCOC)c1.I. The van der Waals surface area contributed by atoms with Crippen LogP contribution in [-0.2, 0) is 4.74 Å². The molecule has 2 N–H and O–H groups in total. The fourth-order valence-electron chi connectivity index (χ4n) is 2.51. The highest BCUT2D eigenvalue weighted by atomic mass is 127. The normalized spacial score (nSPS) is 10.8. The van der Waals surface area contributed by atoms with Gasteiger partial charge in [0.15, 0.2) is 5.96 Å². The summed E-state index contributed by atoms with van der Waals surface area (Å²) in [6.45, 7) is 2.87. The summed E-state index contributed by atoms with van der Waals surface area (Å²) in [6.07, 6.45) is 2.84. The number of halogens is 1. The first-order valence-electron chi connectivity index (χ1n) is 9.69. The molecule has 0 saturated carbocycles. The Morgan fingerprint density at radius 2 is 1.59 bits per heavy atom. The molecule has 0 radical (unpaired) electrons. The van der Waals surface area contributed by atoms with E-state index in [9.17, 15) is 0 Å². The summed E-state index contributed by atoms with van der Waals surface area (Å²) >= 11 is 0. The molecule has 29 heavy (non-hydrogen) atoms. The number of rotatable bonds is 12. The number of nitrogens with one attached hydrogen (secondary N) is 2. The molecule has 0 spiro atoms. The van der Waals surface area contributed by atoms with Gasteiger partial charge in [-0.3, -0.25) is 4.99 Å². The summed E-state index contributed by atoms with van der Waals surface area (Å²) in [7, 11) is 3.46. The molecule has 0 heterocycles. The lowest BCUT2D eigenvalue weighted by Gasteiger charge is -2.13. The first-order valence-corrected chi connectivity index (χ1v) is 9.69.